The van der Waals surface area contributed by atoms with Crippen LogP contribution in [0.25, 0.3) is 0 Å². The number of carbonyl (C=O) groups is 3. The van der Waals surface area contributed by atoms with Gasteiger partial charge in [0.1, 0.15) is 0 Å². The van der Waals surface area contributed by atoms with Gasteiger partial charge in [0.05, 0.1) is 12.5 Å². The third-order valence-electron chi connectivity index (χ3n) is 3.59. The number of carboxylic acids is 1. The summed E-state index contributed by atoms with van der Waals surface area (Å²) in [6.45, 7) is 5.66. The van der Waals surface area contributed by atoms with Crippen molar-refractivity contribution in [3.8, 4) is 0 Å². The molecule has 0 aliphatic rings. The van der Waals surface area contributed by atoms with Gasteiger partial charge in [0.25, 0.3) is 0 Å². The van der Waals surface area contributed by atoms with E-state index >= 15 is 0 Å². The molecule has 1 unspecified atom stereocenters. The lowest BCUT2D eigenvalue weighted by Crippen LogP contribution is -2.47. The van der Waals surface area contributed by atoms with Crippen molar-refractivity contribution in [2.75, 3.05) is 18.9 Å². The summed E-state index contributed by atoms with van der Waals surface area (Å²) in [5.74, 6) is -1.42. The summed E-state index contributed by atoms with van der Waals surface area (Å²) < 4.78 is 0. The summed E-state index contributed by atoms with van der Waals surface area (Å²) >= 11 is 0. The second kappa shape index (κ2) is 9.89. The van der Waals surface area contributed by atoms with Crippen molar-refractivity contribution in [3.05, 3.63) is 29.3 Å². The summed E-state index contributed by atoms with van der Waals surface area (Å²) in [7, 11) is 1.63. The number of likely N-dealkylation sites (N-methyl/N-ethyl adjacent to an activating group) is 1. The Balaban J connectivity index is 0.00000529. The zero-order valence-electron chi connectivity index (χ0n) is 14.3. The molecule has 8 heteroatoms. The Morgan fingerprint density at radius 3 is 2.42 bits per heavy atom. The van der Waals surface area contributed by atoms with Gasteiger partial charge in [-0.2, -0.15) is 0 Å². The fourth-order valence-corrected chi connectivity index (χ4v) is 1.99. The van der Waals surface area contributed by atoms with Gasteiger partial charge in [-0.25, -0.2) is 4.79 Å². The molecule has 1 aromatic carbocycles. The highest BCUT2D eigenvalue weighted by Crippen LogP contribution is 2.15. The van der Waals surface area contributed by atoms with Crippen molar-refractivity contribution in [1.29, 1.82) is 0 Å². The first-order chi connectivity index (χ1) is 10.7. The van der Waals surface area contributed by atoms with Crippen LogP contribution in [0.3, 0.4) is 0 Å². The molecule has 1 atom stereocenters. The average Bonchev–Trinajstić information content (AvgIpc) is 2.46. The Morgan fingerprint density at radius 1 is 1.25 bits per heavy atom. The molecule has 134 valence electrons. The van der Waals surface area contributed by atoms with E-state index in [2.05, 4.69) is 10.6 Å². The van der Waals surface area contributed by atoms with Crippen LogP contribution in [-0.2, 0) is 9.59 Å². The van der Waals surface area contributed by atoms with E-state index in [4.69, 9.17) is 5.11 Å². The lowest BCUT2D eigenvalue weighted by Gasteiger charge is -2.22. The summed E-state index contributed by atoms with van der Waals surface area (Å²) in [4.78, 5) is 36.0. The van der Waals surface area contributed by atoms with Crippen LogP contribution in [-0.4, -0.2) is 47.5 Å². The number of benzene rings is 1. The maximum Gasteiger partial charge on any atom is 0.325 e. The minimum atomic E-state index is -0.933. The van der Waals surface area contributed by atoms with E-state index in [1.165, 1.54) is 0 Å². The number of hydrogen-bond acceptors (Lipinski definition) is 4. The molecule has 0 radical (unpaired) electrons. The number of nitrogens with zero attached hydrogens (tertiary/aromatic N) is 1. The van der Waals surface area contributed by atoms with E-state index in [1.807, 2.05) is 26.0 Å². The summed E-state index contributed by atoms with van der Waals surface area (Å²) in [5, 5.41) is 13.5. The molecule has 0 aliphatic heterocycles. The van der Waals surface area contributed by atoms with Gasteiger partial charge in [0, 0.05) is 12.2 Å². The van der Waals surface area contributed by atoms with Crippen LogP contribution in [0.5, 0.6) is 0 Å². The molecule has 24 heavy (non-hydrogen) atoms. The van der Waals surface area contributed by atoms with E-state index in [9.17, 15) is 14.4 Å². The Labute approximate surface area is 147 Å². The first-order valence-corrected chi connectivity index (χ1v) is 7.32. The molecule has 3 N–H and O–H groups in total. The van der Waals surface area contributed by atoms with Crippen molar-refractivity contribution in [2.45, 2.75) is 33.2 Å². The summed E-state index contributed by atoms with van der Waals surface area (Å²) in [5.41, 5.74) is 2.62. The second-order valence-electron chi connectivity index (χ2n) is 5.56. The van der Waals surface area contributed by atoms with Gasteiger partial charge < -0.3 is 10.4 Å². The highest BCUT2D eigenvalue weighted by Gasteiger charge is 2.20. The van der Waals surface area contributed by atoms with Gasteiger partial charge >= 0.3 is 12.0 Å². The molecular weight excluding hydrogens is 334 g/mol. The molecule has 0 heterocycles. The number of rotatable bonds is 6. The number of aryl methyl sites for hydroxylation is 2. The molecule has 0 spiro atoms. The fraction of sp³-hybridized carbons (Fsp3) is 0.438. The molecule has 3 amide bonds. The third-order valence-corrected chi connectivity index (χ3v) is 3.59. The predicted molar refractivity (Wildman–Crippen MR) is 94.7 cm³/mol. The molecule has 0 saturated carbocycles. The first-order valence-electron chi connectivity index (χ1n) is 7.32. The SMILES string of the molecule is Cc1ccc(NC(=O)NC(=O)C(C)N(C)CCC(=O)O)c(C)c1.Cl. The summed E-state index contributed by atoms with van der Waals surface area (Å²) in [6, 6.07) is 4.35. The predicted octanol–water partition coefficient (Wildman–Crippen LogP) is 2.17. The summed E-state index contributed by atoms with van der Waals surface area (Å²) in [6.07, 6.45) is -0.0666. The number of nitrogens with one attached hydrogen (secondary N) is 2. The molecule has 0 bridgehead atoms. The van der Waals surface area contributed by atoms with Crippen LogP contribution in [0, 0.1) is 13.8 Å². The number of amides is 3. The van der Waals surface area contributed by atoms with E-state index < -0.39 is 23.9 Å². The third kappa shape index (κ3) is 6.97. The molecular formula is C16H24ClN3O4. The molecule has 7 nitrogen and oxygen atoms in total. The van der Waals surface area contributed by atoms with Crippen LogP contribution < -0.4 is 10.6 Å². The lowest BCUT2D eigenvalue weighted by molar-refractivity contribution is -0.138. The average molecular weight is 358 g/mol. The van der Waals surface area contributed by atoms with E-state index in [0.717, 1.165) is 11.1 Å². The molecule has 0 aliphatic carbocycles. The van der Waals surface area contributed by atoms with E-state index in [0.29, 0.717) is 5.69 Å². The zero-order chi connectivity index (χ0) is 17.6. The van der Waals surface area contributed by atoms with Crippen molar-refractivity contribution >= 4 is 36.0 Å². The van der Waals surface area contributed by atoms with Gasteiger partial charge in [-0.3, -0.25) is 19.8 Å². The second-order valence-corrected chi connectivity index (χ2v) is 5.56. The molecule has 0 fully saturated rings. The number of halogens is 1. The smallest absolute Gasteiger partial charge is 0.325 e. The van der Waals surface area contributed by atoms with E-state index in [1.54, 1.807) is 24.9 Å². The number of urea groups is 1. The van der Waals surface area contributed by atoms with Crippen LogP contribution in [0.4, 0.5) is 10.5 Å². The van der Waals surface area contributed by atoms with Crippen LogP contribution >= 0.6 is 12.4 Å². The minimum Gasteiger partial charge on any atom is -0.481 e. The largest absolute Gasteiger partial charge is 0.481 e. The fourth-order valence-electron chi connectivity index (χ4n) is 1.99. The van der Waals surface area contributed by atoms with Crippen LogP contribution in [0.2, 0.25) is 0 Å². The van der Waals surface area contributed by atoms with Gasteiger partial charge in [0.2, 0.25) is 5.91 Å². The number of hydrogen-bond donors (Lipinski definition) is 3. The zero-order valence-corrected chi connectivity index (χ0v) is 15.1. The Hall–Kier alpha value is -2.12. The topological polar surface area (TPSA) is 98.7 Å². The van der Waals surface area contributed by atoms with Crippen molar-refractivity contribution in [3.63, 3.8) is 0 Å². The quantitative estimate of drug-likeness (QED) is 0.724. The van der Waals surface area contributed by atoms with Crippen LogP contribution in [0.1, 0.15) is 24.5 Å². The number of anilines is 1. The standard InChI is InChI=1S/C16H23N3O4.ClH/c1-10-5-6-13(11(2)9-10)17-16(23)18-15(22)12(3)19(4)8-7-14(20)21;/h5-6,9,12H,7-8H2,1-4H3,(H,20,21)(H2,17,18,22,23);1H. The van der Waals surface area contributed by atoms with Crippen molar-refractivity contribution in [2.24, 2.45) is 0 Å². The normalized spacial score (nSPS) is 11.4. The number of carboxylic acid groups (broad SMARTS) is 1. The van der Waals surface area contributed by atoms with Crippen LogP contribution in [0.15, 0.2) is 18.2 Å². The Bertz CT molecular complexity index is 607. The first kappa shape index (κ1) is 21.9. The Kier molecular flexibility index (Phi) is 9.02. The van der Waals surface area contributed by atoms with E-state index in [-0.39, 0.29) is 25.4 Å². The molecule has 1 aromatic rings. The molecule has 0 saturated heterocycles. The highest BCUT2D eigenvalue weighted by atomic mass is 35.5. The van der Waals surface area contributed by atoms with Crippen molar-refractivity contribution < 1.29 is 19.5 Å². The van der Waals surface area contributed by atoms with Crippen molar-refractivity contribution in [1.82, 2.24) is 10.2 Å². The van der Waals surface area contributed by atoms with Gasteiger partial charge in [-0.05, 0) is 39.4 Å². The number of imide groups is 1. The number of carbonyl (C=O) groups excluding carboxylic acids is 2. The minimum absolute atomic E-state index is 0. The molecule has 0 aromatic heterocycles. The van der Waals surface area contributed by atoms with Gasteiger partial charge in [-0.15, -0.1) is 12.4 Å². The monoisotopic (exact) mass is 357 g/mol. The number of aliphatic carboxylic acids is 1. The maximum atomic E-state index is 12.0. The Morgan fingerprint density at radius 2 is 1.88 bits per heavy atom. The van der Waals surface area contributed by atoms with Gasteiger partial charge in [0.15, 0.2) is 0 Å². The molecule has 1 rings (SSSR count). The maximum absolute atomic E-state index is 12.0. The lowest BCUT2D eigenvalue weighted by atomic mass is 10.1. The highest BCUT2D eigenvalue weighted by molar-refractivity contribution is 6.03. The van der Waals surface area contributed by atoms with Gasteiger partial charge in [-0.1, -0.05) is 17.7 Å².